The molecule has 6 heteroatoms. The summed E-state index contributed by atoms with van der Waals surface area (Å²) in [7, 11) is 0. The van der Waals surface area contributed by atoms with Crippen LogP contribution in [0.4, 0.5) is 13.2 Å². The third-order valence-corrected chi connectivity index (χ3v) is 3.37. The first-order chi connectivity index (χ1) is 7.75. The van der Waals surface area contributed by atoms with Gasteiger partial charge in [-0.2, -0.15) is 13.2 Å². The first-order valence-electron chi connectivity index (χ1n) is 5.89. The van der Waals surface area contributed by atoms with Gasteiger partial charge in [-0.15, -0.1) is 0 Å². The smallest absolute Gasteiger partial charge is 0.354 e. The van der Waals surface area contributed by atoms with E-state index in [1.54, 1.807) is 0 Å². The van der Waals surface area contributed by atoms with E-state index in [9.17, 15) is 18.0 Å². The Morgan fingerprint density at radius 1 is 1.35 bits per heavy atom. The van der Waals surface area contributed by atoms with Crippen LogP contribution in [-0.2, 0) is 4.79 Å². The summed E-state index contributed by atoms with van der Waals surface area (Å²) in [5.41, 5.74) is 2.19. The summed E-state index contributed by atoms with van der Waals surface area (Å²) >= 11 is 0. The lowest BCUT2D eigenvalue weighted by atomic mass is 10.0. The molecule has 1 rings (SSSR count). The first kappa shape index (κ1) is 14.3. The quantitative estimate of drug-likeness (QED) is 0.803. The number of nitrogens with two attached hydrogens (primary N) is 1. The second kappa shape index (κ2) is 5.25. The third kappa shape index (κ3) is 3.59. The molecule has 1 fully saturated rings. The minimum Gasteiger partial charge on any atom is -0.354 e. The Morgan fingerprint density at radius 3 is 2.35 bits per heavy atom. The van der Waals surface area contributed by atoms with Crippen LogP contribution in [0.1, 0.15) is 39.0 Å². The summed E-state index contributed by atoms with van der Waals surface area (Å²) in [6.45, 7) is 0.963. The molecule has 0 heterocycles. The summed E-state index contributed by atoms with van der Waals surface area (Å²) in [4.78, 5) is 11.3. The fraction of sp³-hybridized carbons (Fsp3) is 0.909. The molecule has 1 amide bonds. The number of halogens is 3. The largest absolute Gasteiger partial charge is 0.415 e. The molecule has 100 valence electrons. The standard InChI is InChI=1S/C11H19F3N2O/c1-10(15,11(12,13)14)9(17)16-7-6-8-4-2-3-5-8/h8H,2-7,15H2,1H3,(H,16,17). The monoisotopic (exact) mass is 252 g/mol. The van der Waals surface area contributed by atoms with E-state index >= 15 is 0 Å². The van der Waals surface area contributed by atoms with Crippen molar-refractivity contribution >= 4 is 5.91 Å². The highest BCUT2D eigenvalue weighted by molar-refractivity contribution is 5.86. The summed E-state index contributed by atoms with van der Waals surface area (Å²) in [5.74, 6) is -0.617. The Morgan fingerprint density at radius 2 is 1.88 bits per heavy atom. The van der Waals surface area contributed by atoms with Gasteiger partial charge in [0.25, 0.3) is 0 Å². The lowest BCUT2D eigenvalue weighted by molar-refractivity contribution is -0.187. The van der Waals surface area contributed by atoms with Crippen molar-refractivity contribution in [3.63, 3.8) is 0 Å². The van der Waals surface area contributed by atoms with Gasteiger partial charge in [0.05, 0.1) is 0 Å². The molecule has 1 atom stereocenters. The van der Waals surface area contributed by atoms with E-state index < -0.39 is 17.6 Å². The van der Waals surface area contributed by atoms with Gasteiger partial charge < -0.3 is 11.1 Å². The van der Waals surface area contributed by atoms with Gasteiger partial charge in [0.15, 0.2) is 5.54 Å². The maximum atomic E-state index is 12.4. The van der Waals surface area contributed by atoms with E-state index in [1.807, 2.05) is 0 Å². The van der Waals surface area contributed by atoms with Crippen molar-refractivity contribution in [2.45, 2.75) is 50.7 Å². The molecule has 1 aliphatic rings. The van der Waals surface area contributed by atoms with Gasteiger partial charge in [-0.25, -0.2) is 0 Å². The van der Waals surface area contributed by atoms with Crippen molar-refractivity contribution in [1.29, 1.82) is 0 Å². The number of nitrogens with one attached hydrogen (secondary N) is 1. The van der Waals surface area contributed by atoms with E-state index in [0.717, 1.165) is 19.3 Å². The zero-order valence-electron chi connectivity index (χ0n) is 9.94. The van der Waals surface area contributed by atoms with Gasteiger partial charge >= 0.3 is 6.18 Å². The molecule has 17 heavy (non-hydrogen) atoms. The Kier molecular flexibility index (Phi) is 4.41. The molecular formula is C11H19F3N2O. The van der Waals surface area contributed by atoms with E-state index in [2.05, 4.69) is 5.32 Å². The second-order valence-electron chi connectivity index (χ2n) is 4.90. The van der Waals surface area contributed by atoms with Crippen LogP contribution in [-0.4, -0.2) is 24.2 Å². The van der Waals surface area contributed by atoms with Crippen LogP contribution in [0.2, 0.25) is 0 Å². The molecule has 0 aromatic heterocycles. The molecule has 0 radical (unpaired) electrons. The molecule has 3 nitrogen and oxygen atoms in total. The Balaban J connectivity index is 2.33. The van der Waals surface area contributed by atoms with Crippen LogP contribution < -0.4 is 11.1 Å². The van der Waals surface area contributed by atoms with E-state index in [0.29, 0.717) is 12.8 Å². The number of hydrogen-bond acceptors (Lipinski definition) is 2. The Labute approximate surface area is 98.9 Å². The minimum atomic E-state index is -4.72. The molecule has 1 aliphatic carbocycles. The fourth-order valence-corrected chi connectivity index (χ4v) is 2.00. The number of rotatable bonds is 4. The number of hydrogen-bond donors (Lipinski definition) is 2. The van der Waals surface area contributed by atoms with Crippen molar-refractivity contribution in [2.75, 3.05) is 6.54 Å². The number of carbonyl (C=O) groups excluding carboxylic acids is 1. The van der Waals surface area contributed by atoms with Gasteiger partial charge in [0.2, 0.25) is 5.91 Å². The number of alkyl halides is 3. The van der Waals surface area contributed by atoms with Gasteiger partial charge in [-0.05, 0) is 19.3 Å². The molecule has 0 aromatic rings. The molecule has 3 N–H and O–H groups in total. The van der Waals surface area contributed by atoms with Crippen molar-refractivity contribution < 1.29 is 18.0 Å². The van der Waals surface area contributed by atoms with Crippen LogP contribution in [0.25, 0.3) is 0 Å². The van der Waals surface area contributed by atoms with E-state index in [1.165, 1.54) is 12.8 Å². The predicted octanol–water partition coefficient (Wildman–Crippen LogP) is 1.96. The Bertz CT molecular complexity index is 270. The first-order valence-corrected chi connectivity index (χ1v) is 5.89. The molecule has 0 saturated heterocycles. The SMILES string of the molecule is CC(N)(C(=O)NCCC1CCCC1)C(F)(F)F. The molecule has 0 spiro atoms. The van der Waals surface area contributed by atoms with Crippen LogP contribution in [0.5, 0.6) is 0 Å². The van der Waals surface area contributed by atoms with E-state index in [4.69, 9.17) is 5.73 Å². The normalized spacial score (nSPS) is 21.2. The maximum Gasteiger partial charge on any atom is 0.415 e. The zero-order valence-corrected chi connectivity index (χ0v) is 9.94. The third-order valence-electron chi connectivity index (χ3n) is 3.37. The lowest BCUT2D eigenvalue weighted by Gasteiger charge is -2.26. The molecule has 0 bridgehead atoms. The maximum absolute atomic E-state index is 12.4. The van der Waals surface area contributed by atoms with Gasteiger partial charge in [-0.1, -0.05) is 25.7 Å². The van der Waals surface area contributed by atoms with Crippen molar-refractivity contribution in [2.24, 2.45) is 11.7 Å². The molecule has 0 aromatic carbocycles. The molecule has 1 saturated carbocycles. The van der Waals surface area contributed by atoms with Gasteiger partial charge in [-0.3, -0.25) is 4.79 Å². The fourth-order valence-electron chi connectivity index (χ4n) is 2.00. The minimum absolute atomic E-state index is 0.270. The van der Waals surface area contributed by atoms with Gasteiger partial charge in [0, 0.05) is 6.54 Å². The zero-order chi connectivity index (χ0) is 13.1. The molecular weight excluding hydrogens is 233 g/mol. The lowest BCUT2D eigenvalue weighted by Crippen LogP contribution is -2.61. The van der Waals surface area contributed by atoms with Crippen molar-refractivity contribution in [1.82, 2.24) is 5.32 Å². The number of amides is 1. The number of carbonyl (C=O) groups is 1. The Hall–Kier alpha value is -0.780. The average Bonchev–Trinajstić information content (AvgIpc) is 2.68. The topological polar surface area (TPSA) is 55.1 Å². The van der Waals surface area contributed by atoms with Crippen LogP contribution in [0.3, 0.4) is 0 Å². The van der Waals surface area contributed by atoms with Crippen molar-refractivity contribution in [3.05, 3.63) is 0 Å². The molecule has 0 aliphatic heterocycles. The highest BCUT2D eigenvalue weighted by Gasteiger charge is 2.53. The summed E-state index contributed by atoms with van der Waals surface area (Å²) in [6, 6.07) is 0. The van der Waals surface area contributed by atoms with Crippen LogP contribution >= 0.6 is 0 Å². The highest BCUT2D eigenvalue weighted by atomic mass is 19.4. The summed E-state index contributed by atoms with van der Waals surface area (Å²) in [5, 5.41) is 2.27. The van der Waals surface area contributed by atoms with Crippen molar-refractivity contribution in [3.8, 4) is 0 Å². The second-order valence-corrected chi connectivity index (χ2v) is 4.90. The van der Waals surface area contributed by atoms with Gasteiger partial charge in [0.1, 0.15) is 0 Å². The van der Waals surface area contributed by atoms with Crippen LogP contribution in [0, 0.1) is 5.92 Å². The average molecular weight is 252 g/mol. The summed E-state index contributed by atoms with van der Waals surface area (Å²) < 4.78 is 37.3. The predicted molar refractivity (Wildman–Crippen MR) is 58.2 cm³/mol. The summed E-state index contributed by atoms with van der Waals surface area (Å²) in [6.07, 6.45) is 0.583. The van der Waals surface area contributed by atoms with Crippen LogP contribution in [0.15, 0.2) is 0 Å². The highest BCUT2D eigenvalue weighted by Crippen LogP contribution is 2.29. The van der Waals surface area contributed by atoms with E-state index in [-0.39, 0.29) is 6.54 Å². The molecule has 1 unspecified atom stereocenters.